The van der Waals surface area contributed by atoms with Crippen LogP contribution in [0.3, 0.4) is 0 Å². The molecule has 3 aliphatic carbocycles. The summed E-state index contributed by atoms with van der Waals surface area (Å²) in [5, 5.41) is 27.6. The molecule has 0 saturated heterocycles. The van der Waals surface area contributed by atoms with Gasteiger partial charge in [0, 0.05) is 32.2 Å². The second-order valence-electron chi connectivity index (χ2n) is 14.1. The van der Waals surface area contributed by atoms with Crippen LogP contribution in [0.2, 0.25) is 0 Å². The van der Waals surface area contributed by atoms with Crippen LogP contribution in [0.15, 0.2) is 23.6 Å². The smallest absolute Gasteiger partial charge is 0.413 e. The largest absolute Gasteiger partial charge is 0.505 e. The van der Waals surface area contributed by atoms with E-state index in [-0.39, 0.29) is 30.6 Å². The molecule has 2 saturated carbocycles. The number of nitrogens with one attached hydrogen (secondary N) is 1. The Morgan fingerprint density at radius 2 is 1.78 bits per heavy atom. The number of amides is 3. The number of phenols is 1. The van der Waals surface area contributed by atoms with Crippen LogP contribution in [-0.2, 0) is 39.9 Å². The van der Waals surface area contributed by atoms with Crippen molar-refractivity contribution in [1.29, 1.82) is 0 Å². The molecule has 5 N–H and O–H groups in total. The van der Waals surface area contributed by atoms with E-state index in [2.05, 4.69) is 5.32 Å². The quantitative estimate of drug-likeness (QED) is 0.102. The summed E-state index contributed by atoms with van der Waals surface area (Å²) in [6.07, 6.45) is 0.123. The Kier molecular flexibility index (Phi) is 11.6. The number of benzene rings is 1. The number of primary amides is 1. The van der Waals surface area contributed by atoms with Gasteiger partial charge in [-0.25, -0.2) is 9.59 Å². The molecule has 2 aromatic rings. The number of carbonyl (C=O) groups excluding carboxylic acids is 8. The third kappa shape index (κ3) is 7.07. The Morgan fingerprint density at radius 3 is 2.37 bits per heavy atom. The van der Waals surface area contributed by atoms with E-state index < -0.39 is 101 Å². The highest BCUT2D eigenvalue weighted by Gasteiger charge is 2.69. The van der Waals surface area contributed by atoms with Gasteiger partial charge in [-0.15, -0.1) is 11.3 Å². The predicted octanol–water partition coefficient (Wildman–Crippen LogP) is 0.986. The first-order chi connectivity index (χ1) is 25.4. The molecule has 18 heteroatoms. The number of nitrogens with zero attached hydrogens (tertiary/aromatic N) is 3. The molecule has 17 nitrogen and oxygen atoms in total. The highest BCUT2D eigenvalue weighted by atomic mass is 32.1. The van der Waals surface area contributed by atoms with Crippen molar-refractivity contribution < 1.29 is 58.0 Å². The van der Waals surface area contributed by atoms with Crippen LogP contribution in [0.25, 0.3) is 0 Å². The van der Waals surface area contributed by atoms with Crippen molar-refractivity contribution in [2.45, 2.75) is 44.2 Å². The van der Waals surface area contributed by atoms with Gasteiger partial charge in [0.15, 0.2) is 34.7 Å². The maximum Gasteiger partial charge on any atom is 0.413 e. The molecule has 2 unspecified atom stereocenters. The zero-order valence-electron chi connectivity index (χ0n) is 30.5. The first-order valence-electron chi connectivity index (χ1n) is 17.3. The normalized spacial score (nSPS) is 24.6. The summed E-state index contributed by atoms with van der Waals surface area (Å²) in [7, 11) is 6.33. The maximum absolute atomic E-state index is 14.3. The van der Waals surface area contributed by atoms with Gasteiger partial charge in [-0.2, -0.15) is 0 Å². The van der Waals surface area contributed by atoms with Crippen molar-refractivity contribution in [3.05, 3.63) is 39.6 Å². The van der Waals surface area contributed by atoms with Crippen molar-refractivity contribution in [2.75, 3.05) is 58.3 Å². The third-order valence-corrected chi connectivity index (χ3v) is 11.1. The third-order valence-electron chi connectivity index (χ3n) is 10.3. The van der Waals surface area contributed by atoms with E-state index in [0.717, 1.165) is 16.2 Å². The number of esters is 1. The highest BCUT2D eigenvalue weighted by molar-refractivity contribution is 7.11. The summed E-state index contributed by atoms with van der Waals surface area (Å²) in [6.45, 7) is 0.728. The maximum atomic E-state index is 14.3. The first-order valence-corrected chi connectivity index (χ1v) is 18.2. The molecule has 2 fully saturated rings. The number of hydrogen-bond acceptors (Lipinski definition) is 15. The minimum atomic E-state index is -2.89. The Morgan fingerprint density at radius 1 is 1.07 bits per heavy atom. The topological polar surface area (TPSA) is 243 Å². The van der Waals surface area contributed by atoms with Gasteiger partial charge >= 0.3 is 12.1 Å². The lowest BCUT2D eigenvalue weighted by Crippen LogP contribution is -2.74. The molecule has 0 bridgehead atoms. The molecule has 0 aliphatic heterocycles. The van der Waals surface area contributed by atoms with E-state index >= 15 is 0 Å². The highest BCUT2D eigenvalue weighted by Crippen LogP contribution is 2.52. The van der Waals surface area contributed by atoms with Gasteiger partial charge in [0.25, 0.3) is 0 Å². The van der Waals surface area contributed by atoms with Crippen LogP contribution in [0.1, 0.15) is 51.8 Å². The zero-order chi connectivity index (χ0) is 39.8. The van der Waals surface area contributed by atoms with Crippen molar-refractivity contribution in [3.8, 4) is 5.75 Å². The average Bonchev–Trinajstić information content (AvgIpc) is 3.64. The molecule has 3 aliphatic rings. The fourth-order valence-electron chi connectivity index (χ4n) is 7.78. The number of Topliss-reactive ketones (excluding diaryl/α,β-unsaturated/α-hetero) is 4. The second kappa shape index (κ2) is 15.6. The van der Waals surface area contributed by atoms with Crippen molar-refractivity contribution in [2.24, 2.45) is 29.4 Å². The van der Waals surface area contributed by atoms with Gasteiger partial charge in [0.1, 0.15) is 17.2 Å². The monoisotopic (exact) mass is 769 g/mol. The van der Waals surface area contributed by atoms with E-state index in [0.29, 0.717) is 29.0 Å². The summed E-state index contributed by atoms with van der Waals surface area (Å²) in [4.78, 5) is 111. The zero-order valence-corrected chi connectivity index (χ0v) is 31.3. The number of aliphatic hydroxyl groups is 1. The van der Waals surface area contributed by atoms with Gasteiger partial charge in [0.2, 0.25) is 18.6 Å². The van der Waals surface area contributed by atoms with Crippen LogP contribution in [0, 0.1) is 23.7 Å². The number of hydrogen-bond donors (Lipinski definition) is 4. The summed E-state index contributed by atoms with van der Waals surface area (Å²) in [6, 6.07) is 3.41. The van der Waals surface area contributed by atoms with E-state index in [1.54, 1.807) is 36.5 Å². The van der Waals surface area contributed by atoms with Crippen LogP contribution in [0.4, 0.5) is 16.2 Å². The molecule has 1 aromatic carbocycles. The number of ketones is 4. The number of nitrogens with two attached hydrogens (primary N) is 1. The van der Waals surface area contributed by atoms with Crippen molar-refractivity contribution in [1.82, 2.24) is 9.80 Å². The second-order valence-corrected chi connectivity index (χ2v) is 15.0. The first kappa shape index (κ1) is 40.0. The molecule has 0 radical (unpaired) electrons. The minimum Gasteiger partial charge on any atom is -0.505 e. The lowest BCUT2D eigenvalue weighted by atomic mass is 9.52. The predicted molar refractivity (Wildman–Crippen MR) is 192 cm³/mol. The van der Waals surface area contributed by atoms with Gasteiger partial charge in [0.05, 0.1) is 23.2 Å². The summed E-state index contributed by atoms with van der Waals surface area (Å²) < 4.78 is 10.1. The molecular weight excluding hydrogens is 726 g/mol. The number of thiophene rings is 1. The molecule has 290 valence electrons. The summed E-state index contributed by atoms with van der Waals surface area (Å²) >= 11 is 1.15. The Labute approximate surface area is 314 Å². The minimum absolute atomic E-state index is 0.0227. The van der Waals surface area contributed by atoms with E-state index in [1.807, 2.05) is 6.92 Å². The van der Waals surface area contributed by atoms with Crippen LogP contribution in [0.5, 0.6) is 5.75 Å². The van der Waals surface area contributed by atoms with Gasteiger partial charge < -0.3 is 35.6 Å². The number of fused-ring (bicyclic) bond motifs is 3. The number of rotatable bonds is 12. The molecular formula is C36H43N5O12S. The van der Waals surface area contributed by atoms with Gasteiger partial charge in [-0.05, 0) is 62.4 Å². The van der Waals surface area contributed by atoms with Crippen LogP contribution < -0.4 is 16.0 Å². The molecule has 1 heterocycles. The number of aromatic hydroxyl groups is 1. The lowest BCUT2D eigenvalue weighted by molar-refractivity contribution is -0.181. The summed E-state index contributed by atoms with van der Waals surface area (Å²) in [5.74, 6) is -13.6. The summed E-state index contributed by atoms with van der Waals surface area (Å²) in [5.41, 5.74) is 2.73. The number of phenolic OH excluding ortho intramolecular Hbond substituents is 1. The molecule has 54 heavy (non-hydrogen) atoms. The van der Waals surface area contributed by atoms with Gasteiger partial charge in [-0.3, -0.25) is 38.6 Å². The fourth-order valence-corrected chi connectivity index (χ4v) is 8.40. The number of ether oxygens (including phenoxy) is 2. The van der Waals surface area contributed by atoms with E-state index in [1.165, 1.54) is 25.1 Å². The van der Waals surface area contributed by atoms with Crippen LogP contribution in [-0.4, -0.2) is 127 Å². The van der Waals surface area contributed by atoms with E-state index in [4.69, 9.17) is 15.2 Å². The molecule has 5 rings (SSSR count). The number of carbonyl (C=O) groups is 8. The standard InChI is InChI=1S/C36H43N5O12S/c1-6-7-10-41(35(50)53-16-52-34(49)22-9-8-11-54-22)15-23(42)38-20-14-21(39(2)3)18-12-17-13-19-27(40(4)5)30(45)26(33(37)48)32(47)36(19,51)31(46)24(17)29(44)25(18)28(20)43/h8-9,11,14,17,19,24,26-27,43,51H,6-7,10,12-13,15-16H2,1-5H3,(H2,37,48)(H,38,42)/t17-,19-,24?,26?,27-,36-/m0/s1. The number of likely N-dealkylation sites (N-methyl/N-ethyl adjacent to an activating group) is 1. The van der Waals surface area contributed by atoms with E-state index in [9.17, 15) is 48.6 Å². The molecule has 3 amide bonds. The van der Waals surface area contributed by atoms with Crippen molar-refractivity contribution in [3.63, 3.8) is 0 Å². The Balaban J connectivity index is 1.42. The van der Waals surface area contributed by atoms with Gasteiger partial charge in [-0.1, -0.05) is 19.4 Å². The number of anilines is 2. The molecule has 1 aromatic heterocycles. The molecule has 6 atom stereocenters. The fraction of sp³-hybridized carbons (Fsp3) is 0.500. The lowest BCUT2D eigenvalue weighted by Gasteiger charge is -2.52. The van der Waals surface area contributed by atoms with Crippen molar-refractivity contribution >= 4 is 69.7 Å². The van der Waals surface area contributed by atoms with Crippen LogP contribution >= 0.6 is 11.3 Å². The SMILES string of the molecule is CCCCN(CC(=O)Nc1cc(N(C)C)c2c(c1O)C(=O)C1C(=O)[C@]3(O)C(=O)C(C(N)=O)C(=O)[C@@H](N(C)C)[C@@H]3C[C@@H]1C2)C(=O)OCOC(=O)c1cccs1. The Bertz CT molecular complexity index is 1900. The molecule has 0 spiro atoms. The Hall–Kier alpha value is -5.20. The number of unbranched alkanes of at least 4 members (excludes halogenated alkanes) is 1. The average molecular weight is 770 g/mol.